The van der Waals surface area contributed by atoms with Crippen molar-refractivity contribution in [2.45, 2.75) is 37.1 Å². The van der Waals surface area contributed by atoms with E-state index in [9.17, 15) is 18.0 Å². The highest BCUT2D eigenvalue weighted by atomic mass is 32.2. The van der Waals surface area contributed by atoms with Gasteiger partial charge in [0.2, 0.25) is 15.9 Å². The van der Waals surface area contributed by atoms with Gasteiger partial charge in [0.25, 0.3) is 0 Å². The Bertz CT molecular complexity index is 955. The zero-order valence-corrected chi connectivity index (χ0v) is 15.7. The summed E-state index contributed by atoms with van der Waals surface area (Å²) in [5.74, 6) is 0.00713. The van der Waals surface area contributed by atoms with Gasteiger partial charge < -0.3 is 4.90 Å². The molecule has 6 nitrogen and oxygen atoms in total. The summed E-state index contributed by atoms with van der Waals surface area (Å²) in [6, 6.07) is 13.8. The predicted molar refractivity (Wildman–Crippen MR) is 102 cm³/mol. The van der Waals surface area contributed by atoms with Crippen molar-refractivity contribution in [3.8, 4) is 0 Å². The zero-order chi connectivity index (χ0) is 19.4. The molecule has 2 aromatic carbocycles. The molecule has 0 saturated heterocycles. The van der Waals surface area contributed by atoms with Crippen LogP contribution in [0.4, 0.5) is 0 Å². The lowest BCUT2D eigenvalue weighted by Crippen LogP contribution is -2.36. The highest BCUT2D eigenvalue weighted by Crippen LogP contribution is 2.23. The van der Waals surface area contributed by atoms with Crippen molar-refractivity contribution in [2.24, 2.45) is 5.14 Å². The van der Waals surface area contributed by atoms with Crippen LogP contribution in [0.3, 0.4) is 0 Å². The van der Waals surface area contributed by atoms with Crippen LogP contribution in [0, 0.1) is 0 Å². The molecule has 0 unspecified atom stereocenters. The molecule has 2 N–H and O–H groups in total. The van der Waals surface area contributed by atoms with E-state index in [1.807, 2.05) is 18.2 Å². The minimum atomic E-state index is -3.77. The van der Waals surface area contributed by atoms with E-state index in [0.717, 1.165) is 11.1 Å². The van der Waals surface area contributed by atoms with Gasteiger partial charge >= 0.3 is 0 Å². The Kier molecular flexibility index (Phi) is 5.72. The van der Waals surface area contributed by atoms with E-state index in [2.05, 4.69) is 0 Å². The quantitative estimate of drug-likeness (QED) is 0.770. The number of carbonyl (C=O) groups is 2. The molecule has 3 rings (SSSR count). The number of primary sulfonamides is 1. The average Bonchev–Trinajstić information content (AvgIpc) is 2.67. The molecule has 2 aromatic rings. The molecule has 0 bridgehead atoms. The lowest BCUT2D eigenvalue weighted by Gasteiger charge is -2.29. The Morgan fingerprint density at radius 3 is 2.44 bits per heavy atom. The first kappa shape index (κ1) is 19.3. The number of carbonyl (C=O) groups excluding carboxylic acids is 2. The third kappa shape index (κ3) is 4.81. The number of hydrogen-bond acceptors (Lipinski definition) is 4. The van der Waals surface area contributed by atoms with Crippen LogP contribution >= 0.6 is 0 Å². The van der Waals surface area contributed by atoms with Crippen molar-refractivity contribution in [1.82, 2.24) is 4.90 Å². The maximum atomic E-state index is 12.5. The Morgan fingerprint density at radius 2 is 1.74 bits per heavy atom. The van der Waals surface area contributed by atoms with Crippen LogP contribution in [0.2, 0.25) is 0 Å². The van der Waals surface area contributed by atoms with Crippen molar-refractivity contribution in [3.05, 3.63) is 65.2 Å². The summed E-state index contributed by atoms with van der Waals surface area (Å²) >= 11 is 0. The molecule has 0 radical (unpaired) electrons. The number of Topliss-reactive ketones (excluding diaryl/α,β-unsaturated/α-hetero) is 1. The van der Waals surface area contributed by atoms with Gasteiger partial charge in [-0.2, -0.15) is 0 Å². The molecule has 0 spiro atoms. The minimum absolute atomic E-state index is 0.0254. The molecule has 142 valence electrons. The van der Waals surface area contributed by atoms with Gasteiger partial charge in [-0.3, -0.25) is 9.59 Å². The van der Waals surface area contributed by atoms with Gasteiger partial charge in [-0.15, -0.1) is 0 Å². The molecule has 0 aliphatic carbocycles. The van der Waals surface area contributed by atoms with Crippen LogP contribution in [-0.2, 0) is 27.8 Å². The van der Waals surface area contributed by atoms with E-state index in [4.69, 9.17) is 5.14 Å². The molecule has 1 amide bonds. The number of nitrogens with two attached hydrogens (primary N) is 1. The Labute approximate surface area is 159 Å². The summed E-state index contributed by atoms with van der Waals surface area (Å²) in [6.45, 7) is 0.956. The molecule has 1 heterocycles. The molecule has 1 aliphatic heterocycles. The molecule has 0 fully saturated rings. The fourth-order valence-electron chi connectivity index (χ4n) is 3.25. The lowest BCUT2D eigenvalue weighted by molar-refractivity contribution is -0.132. The molecular formula is C20H22N2O4S. The molecular weight excluding hydrogens is 364 g/mol. The fraction of sp³-hybridized carbons (Fsp3) is 0.300. The van der Waals surface area contributed by atoms with E-state index < -0.39 is 10.0 Å². The Hall–Kier alpha value is -2.51. The van der Waals surface area contributed by atoms with Gasteiger partial charge in [0.1, 0.15) is 0 Å². The summed E-state index contributed by atoms with van der Waals surface area (Å²) in [5, 5.41) is 5.19. The first-order valence-corrected chi connectivity index (χ1v) is 10.4. The average molecular weight is 386 g/mol. The van der Waals surface area contributed by atoms with Crippen LogP contribution in [0.5, 0.6) is 0 Å². The molecule has 0 atom stereocenters. The molecule has 1 aliphatic rings. The second-order valence-corrected chi connectivity index (χ2v) is 8.24. The molecule has 0 aromatic heterocycles. The third-order valence-corrected chi connectivity index (χ3v) is 5.67. The number of ketones is 1. The largest absolute Gasteiger partial charge is 0.338 e. The van der Waals surface area contributed by atoms with Gasteiger partial charge in [0, 0.05) is 31.5 Å². The summed E-state index contributed by atoms with van der Waals surface area (Å²) in [4.78, 5) is 26.4. The minimum Gasteiger partial charge on any atom is -0.338 e. The molecule has 0 saturated carbocycles. The number of amides is 1. The number of sulfonamides is 1. The molecule has 27 heavy (non-hydrogen) atoms. The highest BCUT2D eigenvalue weighted by Gasteiger charge is 2.22. The van der Waals surface area contributed by atoms with Crippen LogP contribution < -0.4 is 5.14 Å². The monoisotopic (exact) mass is 386 g/mol. The SMILES string of the molecule is NS(=O)(=O)c1ccc2c(c1)CN(C(=O)CCCC(=O)c1ccccc1)CC2. The van der Waals surface area contributed by atoms with Gasteiger partial charge in [-0.1, -0.05) is 36.4 Å². The second-order valence-electron chi connectivity index (χ2n) is 6.68. The zero-order valence-electron chi connectivity index (χ0n) is 14.9. The van der Waals surface area contributed by atoms with Crippen LogP contribution in [0.25, 0.3) is 0 Å². The number of fused-ring (bicyclic) bond motifs is 1. The highest BCUT2D eigenvalue weighted by molar-refractivity contribution is 7.89. The smallest absolute Gasteiger partial charge is 0.238 e. The van der Waals surface area contributed by atoms with Gasteiger partial charge in [0.05, 0.1) is 4.90 Å². The summed E-state index contributed by atoms with van der Waals surface area (Å²) in [7, 11) is -3.77. The van der Waals surface area contributed by atoms with Gasteiger partial charge in [-0.25, -0.2) is 13.6 Å². The summed E-state index contributed by atoms with van der Waals surface area (Å²) < 4.78 is 23.0. The van der Waals surface area contributed by atoms with E-state index >= 15 is 0 Å². The van der Waals surface area contributed by atoms with Crippen molar-refractivity contribution < 1.29 is 18.0 Å². The number of nitrogens with zero attached hydrogens (tertiary/aromatic N) is 1. The van der Waals surface area contributed by atoms with Gasteiger partial charge in [0.15, 0.2) is 5.78 Å². The van der Waals surface area contributed by atoms with Gasteiger partial charge in [-0.05, 0) is 36.1 Å². The van der Waals surface area contributed by atoms with Crippen molar-refractivity contribution >= 4 is 21.7 Å². The Balaban J connectivity index is 1.57. The predicted octanol–water partition coefficient (Wildman–Crippen LogP) is 2.27. The van der Waals surface area contributed by atoms with E-state index in [1.54, 1.807) is 29.2 Å². The van der Waals surface area contributed by atoms with Crippen LogP contribution in [-0.4, -0.2) is 31.6 Å². The lowest BCUT2D eigenvalue weighted by atomic mass is 9.99. The second kappa shape index (κ2) is 8.02. The topological polar surface area (TPSA) is 97.5 Å². The van der Waals surface area contributed by atoms with Crippen molar-refractivity contribution in [3.63, 3.8) is 0 Å². The van der Waals surface area contributed by atoms with E-state index in [1.165, 1.54) is 6.07 Å². The van der Waals surface area contributed by atoms with Crippen LogP contribution in [0.15, 0.2) is 53.4 Å². The van der Waals surface area contributed by atoms with Crippen molar-refractivity contribution in [1.29, 1.82) is 0 Å². The standard InChI is InChI=1S/C20H22N2O4S/c21-27(25,26)18-10-9-15-11-12-22(14-17(15)13-18)20(24)8-4-7-19(23)16-5-2-1-3-6-16/h1-3,5-6,9-10,13H,4,7-8,11-12,14H2,(H2,21,25,26). The number of hydrogen-bond donors (Lipinski definition) is 1. The summed E-state index contributed by atoms with van der Waals surface area (Å²) in [5.41, 5.74) is 2.50. The Morgan fingerprint density at radius 1 is 1.00 bits per heavy atom. The first-order valence-electron chi connectivity index (χ1n) is 8.85. The number of rotatable bonds is 6. The molecule has 7 heteroatoms. The van der Waals surface area contributed by atoms with E-state index in [-0.39, 0.29) is 16.6 Å². The number of benzene rings is 2. The fourth-order valence-corrected chi connectivity index (χ4v) is 3.81. The third-order valence-electron chi connectivity index (χ3n) is 4.76. The van der Waals surface area contributed by atoms with Crippen molar-refractivity contribution in [2.75, 3.05) is 6.54 Å². The maximum absolute atomic E-state index is 12.5. The summed E-state index contributed by atoms with van der Waals surface area (Å²) in [6.07, 6.45) is 1.79. The first-order chi connectivity index (χ1) is 12.8. The van der Waals surface area contributed by atoms with E-state index in [0.29, 0.717) is 44.3 Å². The maximum Gasteiger partial charge on any atom is 0.238 e. The van der Waals surface area contributed by atoms with Crippen LogP contribution in [0.1, 0.15) is 40.7 Å². The normalized spacial score (nSPS) is 13.9.